The van der Waals surface area contributed by atoms with Gasteiger partial charge < -0.3 is 14.9 Å². The Morgan fingerprint density at radius 2 is 1.86 bits per heavy atom. The van der Waals surface area contributed by atoms with Crippen LogP contribution in [0.3, 0.4) is 0 Å². The van der Waals surface area contributed by atoms with Gasteiger partial charge in [-0.2, -0.15) is 0 Å². The second kappa shape index (κ2) is 8.60. The van der Waals surface area contributed by atoms with Crippen LogP contribution in [0.25, 0.3) is 21.3 Å². The number of piperazine rings is 1. The Hall–Kier alpha value is -1.95. The van der Waals surface area contributed by atoms with Crippen LogP contribution in [-0.4, -0.2) is 54.3 Å². The van der Waals surface area contributed by atoms with E-state index in [1.54, 1.807) is 11.3 Å². The van der Waals surface area contributed by atoms with Gasteiger partial charge in [0.25, 0.3) is 0 Å². The molecule has 0 amide bonds. The summed E-state index contributed by atoms with van der Waals surface area (Å²) < 4.78 is 1.29. The van der Waals surface area contributed by atoms with E-state index >= 15 is 0 Å². The summed E-state index contributed by atoms with van der Waals surface area (Å²) in [7, 11) is 0. The molecule has 4 rings (SSSR count). The first-order chi connectivity index (χ1) is 13.7. The maximum Gasteiger partial charge on any atom is 0.147 e. The number of hydrogen-bond donors (Lipinski definition) is 1. The van der Waals surface area contributed by atoms with Crippen molar-refractivity contribution in [3.8, 4) is 11.3 Å². The Kier molecular flexibility index (Phi) is 5.95. The van der Waals surface area contributed by atoms with Gasteiger partial charge in [-0.3, -0.25) is 0 Å². The molecule has 3 aromatic rings. The van der Waals surface area contributed by atoms with Gasteiger partial charge in [0, 0.05) is 38.3 Å². The molecule has 3 heterocycles. The van der Waals surface area contributed by atoms with Crippen LogP contribution in [0.5, 0.6) is 0 Å². The van der Waals surface area contributed by atoms with E-state index in [4.69, 9.17) is 4.98 Å². The van der Waals surface area contributed by atoms with Crippen molar-refractivity contribution in [3.05, 3.63) is 47.3 Å². The van der Waals surface area contributed by atoms with Crippen molar-refractivity contribution >= 4 is 27.2 Å². The molecule has 1 aromatic carbocycles. The number of aliphatic hydroxyl groups is 1. The highest BCUT2D eigenvalue weighted by atomic mass is 32.1. The minimum Gasteiger partial charge on any atom is -0.396 e. The minimum absolute atomic E-state index is 0.229. The van der Waals surface area contributed by atoms with E-state index in [-0.39, 0.29) is 6.61 Å². The molecule has 5 heteroatoms. The molecule has 148 valence electrons. The molecule has 0 bridgehead atoms. The zero-order valence-electron chi connectivity index (χ0n) is 16.8. The standard InChI is InChI=1S/C23H29N3OS/c1-3-25-9-11-26(12-10-25)23-22-20(8-13-28-22)15-21(24-23)19-6-4-18(5-7-19)14-17(2)16-27/h4-8,13,15,17,27H,3,9-12,14,16H2,1-2H3. The van der Waals surface area contributed by atoms with Crippen molar-refractivity contribution in [2.24, 2.45) is 5.92 Å². The van der Waals surface area contributed by atoms with E-state index in [2.05, 4.69) is 65.4 Å². The molecule has 4 nitrogen and oxygen atoms in total. The number of fused-ring (bicyclic) bond motifs is 1. The lowest BCUT2D eigenvalue weighted by Crippen LogP contribution is -2.46. The quantitative estimate of drug-likeness (QED) is 0.676. The fourth-order valence-corrected chi connectivity index (χ4v) is 4.77. The van der Waals surface area contributed by atoms with E-state index in [1.807, 2.05) is 0 Å². The normalized spacial score (nSPS) is 16.6. The topological polar surface area (TPSA) is 39.6 Å². The van der Waals surface area contributed by atoms with E-state index < -0.39 is 0 Å². The third-order valence-electron chi connectivity index (χ3n) is 5.68. The van der Waals surface area contributed by atoms with Crippen LogP contribution in [0.15, 0.2) is 41.8 Å². The molecular weight excluding hydrogens is 366 g/mol. The zero-order valence-corrected chi connectivity index (χ0v) is 17.6. The van der Waals surface area contributed by atoms with Crippen LogP contribution >= 0.6 is 11.3 Å². The fraction of sp³-hybridized carbons (Fsp3) is 0.435. The molecule has 0 radical (unpaired) electrons. The number of likely N-dealkylation sites (N-methyl/N-ethyl adjacent to an activating group) is 1. The van der Waals surface area contributed by atoms with Crippen LogP contribution in [0.4, 0.5) is 5.82 Å². The lowest BCUT2D eigenvalue weighted by molar-refractivity contribution is 0.237. The monoisotopic (exact) mass is 395 g/mol. The third-order valence-corrected chi connectivity index (χ3v) is 6.61. The summed E-state index contributed by atoms with van der Waals surface area (Å²) in [5.41, 5.74) is 3.46. The van der Waals surface area contributed by atoms with Gasteiger partial charge in [-0.15, -0.1) is 11.3 Å². The summed E-state index contributed by atoms with van der Waals surface area (Å²) in [5, 5.41) is 12.7. The van der Waals surface area contributed by atoms with Gasteiger partial charge in [0.15, 0.2) is 0 Å². The lowest BCUT2D eigenvalue weighted by Gasteiger charge is -2.35. The zero-order chi connectivity index (χ0) is 19.5. The number of pyridine rings is 1. The van der Waals surface area contributed by atoms with Crippen LogP contribution in [-0.2, 0) is 6.42 Å². The second-order valence-corrected chi connectivity index (χ2v) is 8.70. The molecule has 1 N–H and O–H groups in total. The van der Waals surface area contributed by atoms with Crippen molar-refractivity contribution < 1.29 is 5.11 Å². The van der Waals surface area contributed by atoms with Gasteiger partial charge in [0.05, 0.1) is 10.4 Å². The third kappa shape index (κ3) is 4.07. The van der Waals surface area contributed by atoms with Crippen molar-refractivity contribution in [1.82, 2.24) is 9.88 Å². The Morgan fingerprint density at radius 1 is 1.11 bits per heavy atom. The maximum absolute atomic E-state index is 9.28. The number of hydrogen-bond acceptors (Lipinski definition) is 5. The van der Waals surface area contributed by atoms with Crippen molar-refractivity contribution in [3.63, 3.8) is 0 Å². The van der Waals surface area contributed by atoms with Gasteiger partial charge in [-0.1, -0.05) is 38.1 Å². The predicted molar refractivity (Wildman–Crippen MR) is 119 cm³/mol. The molecule has 0 spiro atoms. The smallest absolute Gasteiger partial charge is 0.147 e. The van der Waals surface area contributed by atoms with Gasteiger partial charge in [0.2, 0.25) is 0 Å². The van der Waals surface area contributed by atoms with Crippen LogP contribution in [0.1, 0.15) is 19.4 Å². The summed E-state index contributed by atoms with van der Waals surface area (Å²) in [5.74, 6) is 1.43. The van der Waals surface area contributed by atoms with Crippen LogP contribution < -0.4 is 4.90 Å². The molecule has 1 unspecified atom stereocenters. The van der Waals surface area contributed by atoms with E-state index in [0.717, 1.165) is 56.2 Å². The molecule has 1 aliphatic rings. The van der Waals surface area contributed by atoms with E-state index in [0.29, 0.717) is 5.92 Å². The first-order valence-electron chi connectivity index (χ1n) is 10.2. The van der Waals surface area contributed by atoms with Gasteiger partial charge in [0.1, 0.15) is 5.82 Å². The summed E-state index contributed by atoms with van der Waals surface area (Å²) >= 11 is 1.79. The molecule has 1 fully saturated rings. The van der Waals surface area contributed by atoms with E-state index in [1.165, 1.54) is 15.6 Å². The molecular formula is C23H29N3OS. The maximum atomic E-state index is 9.28. The van der Waals surface area contributed by atoms with Crippen LogP contribution in [0, 0.1) is 5.92 Å². The number of rotatable bonds is 6. The fourth-order valence-electron chi connectivity index (χ4n) is 3.88. The van der Waals surface area contributed by atoms with Gasteiger partial charge in [-0.05, 0) is 47.3 Å². The number of nitrogens with zero attached hydrogens (tertiary/aromatic N) is 3. The lowest BCUT2D eigenvalue weighted by atomic mass is 10.00. The molecule has 2 aromatic heterocycles. The highest BCUT2D eigenvalue weighted by Gasteiger charge is 2.20. The average molecular weight is 396 g/mol. The Balaban J connectivity index is 1.63. The summed E-state index contributed by atoms with van der Waals surface area (Å²) in [6.07, 6.45) is 0.904. The van der Waals surface area contributed by atoms with Crippen molar-refractivity contribution in [2.75, 3.05) is 44.2 Å². The SMILES string of the molecule is CCN1CCN(c2nc(-c3ccc(CC(C)CO)cc3)cc3ccsc23)CC1. The summed E-state index contributed by atoms with van der Waals surface area (Å²) in [6.45, 7) is 9.94. The predicted octanol–water partition coefficient (Wildman–Crippen LogP) is 4.28. The Morgan fingerprint density at radius 3 is 2.54 bits per heavy atom. The largest absolute Gasteiger partial charge is 0.396 e. The number of aliphatic hydroxyl groups excluding tert-OH is 1. The van der Waals surface area contributed by atoms with Gasteiger partial charge >= 0.3 is 0 Å². The Bertz CT molecular complexity index is 913. The number of aromatic nitrogens is 1. The minimum atomic E-state index is 0.229. The van der Waals surface area contributed by atoms with E-state index in [9.17, 15) is 5.11 Å². The summed E-state index contributed by atoms with van der Waals surface area (Å²) in [4.78, 5) is 10.1. The van der Waals surface area contributed by atoms with Crippen molar-refractivity contribution in [2.45, 2.75) is 20.3 Å². The molecule has 1 saturated heterocycles. The summed E-state index contributed by atoms with van der Waals surface area (Å²) in [6, 6.07) is 13.1. The number of anilines is 1. The first-order valence-corrected chi connectivity index (χ1v) is 11.1. The van der Waals surface area contributed by atoms with Gasteiger partial charge in [-0.25, -0.2) is 4.98 Å². The molecule has 0 aliphatic carbocycles. The Labute approximate surface area is 171 Å². The first kappa shape index (κ1) is 19.4. The number of benzene rings is 1. The molecule has 1 atom stereocenters. The molecule has 1 aliphatic heterocycles. The second-order valence-electron chi connectivity index (χ2n) is 7.78. The average Bonchev–Trinajstić information content (AvgIpc) is 3.22. The molecule has 28 heavy (non-hydrogen) atoms. The van der Waals surface area contributed by atoms with Crippen molar-refractivity contribution in [1.29, 1.82) is 0 Å². The number of thiophene rings is 1. The highest BCUT2D eigenvalue weighted by Crippen LogP contribution is 2.34. The highest BCUT2D eigenvalue weighted by molar-refractivity contribution is 7.17. The molecule has 0 saturated carbocycles. The van der Waals surface area contributed by atoms with Crippen LogP contribution in [0.2, 0.25) is 0 Å².